The van der Waals surface area contributed by atoms with Crippen LogP contribution in [0.25, 0.3) is 0 Å². The number of ether oxygens (including phenoxy) is 1. The number of aryl methyl sites for hydroxylation is 1. The molecule has 19 heavy (non-hydrogen) atoms. The zero-order valence-corrected chi connectivity index (χ0v) is 11.1. The van der Waals surface area contributed by atoms with E-state index in [0.29, 0.717) is 17.0 Å². The summed E-state index contributed by atoms with van der Waals surface area (Å²) in [6.07, 6.45) is 0.900. The molecule has 0 saturated carbocycles. The van der Waals surface area contributed by atoms with Crippen LogP contribution in [0.5, 0.6) is 11.5 Å². The van der Waals surface area contributed by atoms with Gasteiger partial charge in [-0.05, 0) is 37.1 Å². The van der Waals surface area contributed by atoms with Gasteiger partial charge in [-0.3, -0.25) is 4.79 Å². The molecule has 0 atom stereocenters. The number of Topliss-reactive ketones (excluding diaryl/α,β-unsaturated/α-hetero) is 1. The lowest BCUT2D eigenvalue weighted by atomic mass is 10.1. The van der Waals surface area contributed by atoms with Gasteiger partial charge < -0.3 is 10.5 Å². The van der Waals surface area contributed by atoms with Crippen LogP contribution in [0.15, 0.2) is 42.5 Å². The Morgan fingerprint density at radius 1 is 1.21 bits per heavy atom. The zero-order valence-electron chi connectivity index (χ0n) is 11.1. The summed E-state index contributed by atoms with van der Waals surface area (Å²) in [7, 11) is 0. The highest BCUT2D eigenvalue weighted by molar-refractivity contribution is 5.99. The average molecular weight is 255 g/mol. The van der Waals surface area contributed by atoms with Crippen molar-refractivity contribution in [1.29, 1.82) is 0 Å². The normalized spacial score (nSPS) is 10.2. The number of hydrogen-bond donors (Lipinski definition) is 1. The van der Waals surface area contributed by atoms with Gasteiger partial charge in [-0.15, -0.1) is 0 Å². The highest BCUT2D eigenvalue weighted by Crippen LogP contribution is 2.28. The third-order valence-electron chi connectivity index (χ3n) is 2.98. The van der Waals surface area contributed by atoms with Gasteiger partial charge in [-0.25, -0.2) is 0 Å². The molecule has 0 aliphatic rings. The van der Waals surface area contributed by atoms with Crippen LogP contribution in [0.3, 0.4) is 0 Å². The Kier molecular flexibility index (Phi) is 3.85. The van der Waals surface area contributed by atoms with E-state index in [2.05, 4.69) is 6.92 Å². The first-order valence-corrected chi connectivity index (χ1v) is 6.28. The first-order chi connectivity index (χ1) is 9.11. The largest absolute Gasteiger partial charge is 0.457 e. The second-order valence-electron chi connectivity index (χ2n) is 4.37. The summed E-state index contributed by atoms with van der Waals surface area (Å²) in [4.78, 5) is 11.3. The van der Waals surface area contributed by atoms with Gasteiger partial charge in [0.05, 0.1) is 0 Å². The van der Waals surface area contributed by atoms with Crippen molar-refractivity contribution in [2.45, 2.75) is 20.3 Å². The fraction of sp³-hybridized carbons (Fsp3) is 0.188. The summed E-state index contributed by atoms with van der Waals surface area (Å²) in [6.45, 7) is 3.58. The fourth-order valence-corrected chi connectivity index (χ4v) is 1.95. The lowest BCUT2D eigenvalue weighted by molar-refractivity contribution is 0.101. The van der Waals surface area contributed by atoms with E-state index in [0.717, 1.165) is 17.7 Å². The summed E-state index contributed by atoms with van der Waals surface area (Å²) in [5.74, 6) is 1.42. The van der Waals surface area contributed by atoms with Crippen molar-refractivity contribution >= 4 is 11.5 Å². The van der Waals surface area contributed by atoms with E-state index in [4.69, 9.17) is 10.5 Å². The van der Waals surface area contributed by atoms with Crippen molar-refractivity contribution in [2.75, 3.05) is 5.73 Å². The van der Waals surface area contributed by atoms with E-state index in [9.17, 15) is 4.79 Å². The molecular weight excluding hydrogens is 238 g/mol. The zero-order chi connectivity index (χ0) is 13.8. The molecule has 2 rings (SSSR count). The van der Waals surface area contributed by atoms with Crippen LogP contribution in [0.2, 0.25) is 0 Å². The van der Waals surface area contributed by atoms with Gasteiger partial charge in [-0.1, -0.05) is 25.1 Å². The maximum atomic E-state index is 11.3. The maximum absolute atomic E-state index is 11.3. The molecule has 0 radical (unpaired) electrons. The van der Waals surface area contributed by atoms with E-state index in [1.165, 1.54) is 6.92 Å². The van der Waals surface area contributed by atoms with Gasteiger partial charge in [0.25, 0.3) is 0 Å². The van der Waals surface area contributed by atoms with Crippen molar-refractivity contribution in [3.63, 3.8) is 0 Å². The molecule has 0 spiro atoms. The quantitative estimate of drug-likeness (QED) is 0.667. The van der Waals surface area contributed by atoms with Crippen LogP contribution in [-0.4, -0.2) is 5.78 Å². The molecular formula is C16H17NO2. The molecule has 0 fully saturated rings. The lowest BCUT2D eigenvalue weighted by Gasteiger charge is -2.11. The Morgan fingerprint density at radius 2 is 1.95 bits per heavy atom. The number of nitrogen functional groups attached to an aromatic ring is 1. The molecule has 2 aromatic carbocycles. The number of carbonyl (C=O) groups is 1. The van der Waals surface area contributed by atoms with Crippen molar-refractivity contribution < 1.29 is 9.53 Å². The predicted molar refractivity (Wildman–Crippen MR) is 76.8 cm³/mol. The first kappa shape index (κ1) is 13.1. The summed E-state index contributed by atoms with van der Waals surface area (Å²) < 4.78 is 5.82. The van der Waals surface area contributed by atoms with Crippen LogP contribution >= 0.6 is 0 Å². The summed E-state index contributed by atoms with van der Waals surface area (Å²) >= 11 is 0. The predicted octanol–water partition coefficient (Wildman–Crippen LogP) is 3.83. The number of rotatable bonds is 4. The molecule has 0 aliphatic carbocycles. The van der Waals surface area contributed by atoms with E-state index < -0.39 is 0 Å². The molecule has 0 saturated heterocycles. The van der Waals surface area contributed by atoms with Crippen LogP contribution < -0.4 is 10.5 Å². The van der Waals surface area contributed by atoms with Crippen molar-refractivity contribution in [3.8, 4) is 11.5 Å². The summed E-state index contributed by atoms with van der Waals surface area (Å²) in [5, 5.41) is 0. The van der Waals surface area contributed by atoms with Crippen molar-refractivity contribution in [3.05, 3.63) is 53.6 Å². The van der Waals surface area contributed by atoms with E-state index in [1.807, 2.05) is 24.3 Å². The molecule has 0 unspecified atom stereocenters. The number of ketones is 1. The summed E-state index contributed by atoms with van der Waals surface area (Å²) in [6, 6.07) is 13.0. The third-order valence-corrected chi connectivity index (χ3v) is 2.98. The number of benzene rings is 2. The number of anilines is 1. The highest BCUT2D eigenvalue weighted by atomic mass is 16.5. The summed E-state index contributed by atoms with van der Waals surface area (Å²) in [5.41, 5.74) is 7.95. The topological polar surface area (TPSA) is 52.3 Å². The van der Waals surface area contributed by atoms with E-state index in [-0.39, 0.29) is 5.78 Å². The molecule has 0 aliphatic heterocycles. The molecule has 2 aromatic rings. The van der Waals surface area contributed by atoms with E-state index >= 15 is 0 Å². The maximum Gasteiger partial charge on any atom is 0.161 e. The van der Waals surface area contributed by atoms with Crippen LogP contribution in [0.1, 0.15) is 29.8 Å². The molecule has 0 amide bonds. The van der Waals surface area contributed by atoms with E-state index in [1.54, 1.807) is 18.2 Å². The second kappa shape index (κ2) is 5.57. The molecule has 98 valence electrons. The second-order valence-corrected chi connectivity index (χ2v) is 4.37. The van der Waals surface area contributed by atoms with Crippen LogP contribution in [0, 0.1) is 0 Å². The third kappa shape index (κ3) is 2.94. The molecule has 0 aromatic heterocycles. The Bertz CT molecular complexity index is 605. The van der Waals surface area contributed by atoms with Gasteiger partial charge in [-0.2, -0.15) is 0 Å². The number of nitrogens with two attached hydrogens (primary N) is 1. The van der Waals surface area contributed by atoms with Gasteiger partial charge >= 0.3 is 0 Å². The monoisotopic (exact) mass is 255 g/mol. The van der Waals surface area contributed by atoms with Crippen LogP contribution in [-0.2, 0) is 6.42 Å². The smallest absolute Gasteiger partial charge is 0.161 e. The molecule has 3 nitrogen and oxygen atoms in total. The van der Waals surface area contributed by atoms with Crippen molar-refractivity contribution in [2.24, 2.45) is 0 Å². The Hall–Kier alpha value is -2.29. The lowest BCUT2D eigenvalue weighted by Crippen LogP contribution is -2.00. The first-order valence-electron chi connectivity index (χ1n) is 6.28. The fourth-order valence-electron chi connectivity index (χ4n) is 1.95. The Morgan fingerprint density at radius 3 is 2.58 bits per heavy atom. The number of hydrogen-bond acceptors (Lipinski definition) is 3. The molecule has 0 heterocycles. The average Bonchev–Trinajstić information content (AvgIpc) is 2.39. The number of para-hydroxylation sites is 1. The molecule has 0 bridgehead atoms. The van der Waals surface area contributed by atoms with Crippen LogP contribution in [0.4, 0.5) is 5.69 Å². The van der Waals surface area contributed by atoms with Gasteiger partial charge in [0.2, 0.25) is 0 Å². The minimum Gasteiger partial charge on any atom is -0.457 e. The minimum atomic E-state index is -0.0435. The minimum absolute atomic E-state index is 0.0435. The highest BCUT2D eigenvalue weighted by Gasteiger charge is 2.07. The van der Waals surface area contributed by atoms with Crippen molar-refractivity contribution in [1.82, 2.24) is 0 Å². The molecule has 3 heteroatoms. The van der Waals surface area contributed by atoms with Gasteiger partial charge in [0.15, 0.2) is 5.78 Å². The van der Waals surface area contributed by atoms with Gasteiger partial charge in [0.1, 0.15) is 11.5 Å². The Balaban J connectivity index is 2.29. The van der Waals surface area contributed by atoms with Gasteiger partial charge in [0, 0.05) is 17.3 Å². The SMILES string of the molecule is CCc1ccccc1Oc1ccc(C(C)=O)c(N)c1. The Labute approximate surface area is 113 Å². The number of carbonyl (C=O) groups excluding carboxylic acids is 1. The molecule has 2 N–H and O–H groups in total. The standard InChI is InChI=1S/C16H17NO2/c1-3-12-6-4-5-7-16(12)19-13-8-9-14(11(2)18)15(17)10-13/h4-10H,3,17H2,1-2H3.